The second-order valence-electron chi connectivity index (χ2n) is 6.61. The maximum absolute atomic E-state index is 5.86. The average Bonchev–Trinajstić information content (AvgIpc) is 2.68. The molecule has 0 fully saturated rings. The summed E-state index contributed by atoms with van der Waals surface area (Å²) >= 11 is 0. The van der Waals surface area contributed by atoms with E-state index in [0.29, 0.717) is 13.2 Å². The van der Waals surface area contributed by atoms with Crippen LogP contribution in [0.25, 0.3) is 10.8 Å². The van der Waals surface area contributed by atoms with Crippen molar-refractivity contribution in [3.63, 3.8) is 0 Å². The van der Waals surface area contributed by atoms with Crippen molar-refractivity contribution in [1.29, 1.82) is 0 Å². The van der Waals surface area contributed by atoms with Gasteiger partial charge in [-0.2, -0.15) is 0 Å². The molecule has 0 radical (unpaired) electrons. The minimum Gasteiger partial charge on any atom is -0.490 e. The first kappa shape index (κ1) is 16.9. The molecule has 4 rings (SSSR count). The normalized spacial score (nSPS) is 16.3. The Morgan fingerprint density at radius 1 is 0.885 bits per heavy atom. The standard InChI is InChI=1S/C23H25NO2/c1-3-25-21-14-18-11-12-24-23(20(18)15-22(21)26-4-2)19-10-9-16-7-5-6-8-17(16)13-19/h5-10,13-15,23-24H,3-4,11-12H2,1-2H3. The summed E-state index contributed by atoms with van der Waals surface area (Å²) in [5.41, 5.74) is 3.92. The number of hydrogen-bond donors (Lipinski definition) is 1. The van der Waals surface area contributed by atoms with Crippen LogP contribution in [0.5, 0.6) is 11.5 Å². The van der Waals surface area contributed by atoms with E-state index >= 15 is 0 Å². The average molecular weight is 347 g/mol. The van der Waals surface area contributed by atoms with E-state index in [0.717, 1.165) is 24.5 Å². The Morgan fingerprint density at radius 2 is 1.62 bits per heavy atom. The molecule has 0 bridgehead atoms. The van der Waals surface area contributed by atoms with Gasteiger partial charge < -0.3 is 14.8 Å². The van der Waals surface area contributed by atoms with Gasteiger partial charge in [0.2, 0.25) is 0 Å². The summed E-state index contributed by atoms with van der Waals surface area (Å²) in [5.74, 6) is 1.69. The van der Waals surface area contributed by atoms with Crippen molar-refractivity contribution in [3.05, 3.63) is 71.3 Å². The fraction of sp³-hybridized carbons (Fsp3) is 0.304. The van der Waals surface area contributed by atoms with E-state index in [2.05, 4.69) is 59.9 Å². The first-order chi connectivity index (χ1) is 12.8. The molecule has 1 aliphatic rings. The molecule has 3 aromatic carbocycles. The van der Waals surface area contributed by atoms with Crippen molar-refractivity contribution >= 4 is 10.8 Å². The molecule has 0 amide bonds. The van der Waals surface area contributed by atoms with Crippen LogP contribution < -0.4 is 14.8 Å². The van der Waals surface area contributed by atoms with E-state index in [1.54, 1.807) is 0 Å². The lowest BCUT2D eigenvalue weighted by Crippen LogP contribution is -2.30. The van der Waals surface area contributed by atoms with E-state index in [-0.39, 0.29) is 6.04 Å². The van der Waals surface area contributed by atoms with Crippen molar-refractivity contribution < 1.29 is 9.47 Å². The first-order valence-electron chi connectivity index (χ1n) is 9.44. The topological polar surface area (TPSA) is 30.5 Å². The summed E-state index contributed by atoms with van der Waals surface area (Å²) in [6, 6.07) is 19.7. The second kappa shape index (κ2) is 7.38. The lowest BCUT2D eigenvalue weighted by Gasteiger charge is -2.29. The van der Waals surface area contributed by atoms with Crippen molar-refractivity contribution in [3.8, 4) is 11.5 Å². The van der Waals surface area contributed by atoms with Gasteiger partial charge in [-0.15, -0.1) is 0 Å². The largest absolute Gasteiger partial charge is 0.490 e. The summed E-state index contributed by atoms with van der Waals surface area (Å²) in [7, 11) is 0. The number of hydrogen-bond acceptors (Lipinski definition) is 3. The van der Waals surface area contributed by atoms with Crippen LogP contribution in [0.1, 0.15) is 36.6 Å². The lowest BCUT2D eigenvalue weighted by molar-refractivity contribution is 0.286. The molecule has 26 heavy (non-hydrogen) atoms. The molecule has 3 aromatic rings. The zero-order chi connectivity index (χ0) is 17.9. The fourth-order valence-corrected chi connectivity index (χ4v) is 3.79. The van der Waals surface area contributed by atoms with E-state index in [1.165, 1.54) is 27.5 Å². The van der Waals surface area contributed by atoms with Crippen LogP contribution in [-0.2, 0) is 6.42 Å². The van der Waals surface area contributed by atoms with Gasteiger partial charge in [-0.3, -0.25) is 0 Å². The summed E-state index contributed by atoms with van der Waals surface area (Å²) in [6.45, 7) is 6.25. The van der Waals surface area contributed by atoms with Gasteiger partial charge in [0, 0.05) is 6.54 Å². The molecule has 0 saturated carbocycles. The molecule has 0 spiro atoms. The molecule has 1 atom stereocenters. The zero-order valence-corrected chi connectivity index (χ0v) is 15.4. The minimum absolute atomic E-state index is 0.179. The van der Waals surface area contributed by atoms with Gasteiger partial charge in [0.15, 0.2) is 11.5 Å². The predicted octanol–water partition coefficient (Wildman–Crippen LogP) is 4.87. The third-order valence-corrected chi connectivity index (χ3v) is 4.97. The monoisotopic (exact) mass is 347 g/mol. The quantitative estimate of drug-likeness (QED) is 0.714. The molecular weight excluding hydrogens is 322 g/mol. The van der Waals surface area contributed by atoms with Crippen LogP contribution in [0.3, 0.4) is 0 Å². The highest BCUT2D eigenvalue weighted by Gasteiger charge is 2.24. The number of fused-ring (bicyclic) bond motifs is 2. The summed E-state index contributed by atoms with van der Waals surface area (Å²) < 4.78 is 11.7. The van der Waals surface area contributed by atoms with Crippen LogP contribution in [-0.4, -0.2) is 19.8 Å². The zero-order valence-electron chi connectivity index (χ0n) is 15.4. The molecule has 1 unspecified atom stereocenters. The smallest absolute Gasteiger partial charge is 0.161 e. The van der Waals surface area contributed by atoms with Gasteiger partial charge in [-0.05, 0) is 65.9 Å². The Labute approximate surface area is 154 Å². The highest BCUT2D eigenvalue weighted by atomic mass is 16.5. The maximum Gasteiger partial charge on any atom is 0.161 e. The van der Waals surface area contributed by atoms with Gasteiger partial charge in [-0.25, -0.2) is 0 Å². The molecule has 0 saturated heterocycles. The van der Waals surface area contributed by atoms with Gasteiger partial charge in [0.25, 0.3) is 0 Å². The van der Waals surface area contributed by atoms with Crippen molar-refractivity contribution in [1.82, 2.24) is 5.32 Å². The number of rotatable bonds is 5. The molecule has 0 aromatic heterocycles. The van der Waals surface area contributed by atoms with Crippen LogP contribution >= 0.6 is 0 Å². The Hall–Kier alpha value is -2.52. The Bertz CT molecular complexity index is 919. The molecule has 1 heterocycles. The molecule has 1 N–H and O–H groups in total. The Balaban J connectivity index is 1.78. The van der Waals surface area contributed by atoms with Gasteiger partial charge in [0.1, 0.15) is 0 Å². The maximum atomic E-state index is 5.86. The van der Waals surface area contributed by atoms with Crippen molar-refractivity contribution in [2.45, 2.75) is 26.3 Å². The van der Waals surface area contributed by atoms with E-state index in [1.807, 2.05) is 13.8 Å². The molecular formula is C23H25NO2. The number of ether oxygens (including phenoxy) is 2. The highest BCUT2D eigenvalue weighted by Crippen LogP contribution is 2.38. The molecule has 1 aliphatic heterocycles. The molecule has 3 nitrogen and oxygen atoms in total. The van der Waals surface area contributed by atoms with Crippen LogP contribution in [0, 0.1) is 0 Å². The lowest BCUT2D eigenvalue weighted by atomic mass is 9.88. The SMILES string of the molecule is CCOc1cc2c(cc1OCC)C(c1ccc3ccccc3c1)NCC2. The summed E-state index contributed by atoms with van der Waals surface area (Å²) in [6.07, 6.45) is 1.01. The third kappa shape index (κ3) is 3.15. The predicted molar refractivity (Wildman–Crippen MR) is 106 cm³/mol. The number of benzene rings is 3. The van der Waals surface area contributed by atoms with Crippen molar-refractivity contribution in [2.75, 3.05) is 19.8 Å². The first-order valence-corrected chi connectivity index (χ1v) is 9.44. The fourth-order valence-electron chi connectivity index (χ4n) is 3.79. The Morgan fingerprint density at radius 3 is 2.38 bits per heavy atom. The van der Waals surface area contributed by atoms with E-state index in [9.17, 15) is 0 Å². The van der Waals surface area contributed by atoms with Crippen molar-refractivity contribution in [2.24, 2.45) is 0 Å². The van der Waals surface area contributed by atoms with Crippen LogP contribution in [0.15, 0.2) is 54.6 Å². The molecule has 0 aliphatic carbocycles. The van der Waals surface area contributed by atoms with Crippen LogP contribution in [0.4, 0.5) is 0 Å². The summed E-state index contributed by atoms with van der Waals surface area (Å²) in [5, 5.41) is 6.23. The van der Waals surface area contributed by atoms with E-state index in [4.69, 9.17) is 9.47 Å². The van der Waals surface area contributed by atoms with Gasteiger partial charge in [0.05, 0.1) is 19.3 Å². The highest BCUT2D eigenvalue weighted by molar-refractivity contribution is 5.83. The van der Waals surface area contributed by atoms with Gasteiger partial charge >= 0.3 is 0 Å². The number of nitrogens with one attached hydrogen (secondary N) is 1. The van der Waals surface area contributed by atoms with Gasteiger partial charge in [-0.1, -0.05) is 36.4 Å². The van der Waals surface area contributed by atoms with E-state index < -0.39 is 0 Å². The third-order valence-electron chi connectivity index (χ3n) is 4.97. The minimum atomic E-state index is 0.179. The second-order valence-corrected chi connectivity index (χ2v) is 6.61. The molecule has 134 valence electrons. The summed E-state index contributed by atoms with van der Waals surface area (Å²) in [4.78, 5) is 0. The van der Waals surface area contributed by atoms with Crippen LogP contribution in [0.2, 0.25) is 0 Å². The Kier molecular flexibility index (Phi) is 4.81. The molecule has 3 heteroatoms.